The predicted molar refractivity (Wildman–Crippen MR) is 563 cm³/mol. The summed E-state index contributed by atoms with van der Waals surface area (Å²) in [5, 5.41) is 12.1. The van der Waals surface area contributed by atoms with E-state index in [9.17, 15) is 0 Å². The van der Waals surface area contributed by atoms with Gasteiger partial charge in [-0.1, -0.05) is 392 Å². The molecule has 0 spiro atoms. The molecule has 4 nitrogen and oxygen atoms in total. The van der Waals surface area contributed by atoms with E-state index in [4.69, 9.17) is 8.83 Å². The van der Waals surface area contributed by atoms with Gasteiger partial charge in [0.2, 0.25) is 0 Å². The summed E-state index contributed by atoms with van der Waals surface area (Å²) in [6, 6.07) is 167. The summed E-state index contributed by atoms with van der Waals surface area (Å²) >= 11 is 1.89. The number of hydrogen-bond acceptors (Lipinski definition) is 5. The van der Waals surface area contributed by atoms with E-state index in [1.807, 2.05) is 11.3 Å². The number of anilines is 6. The van der Waals surface area contributed by atoms with Gasteiger partial charge in [0.05, 0.1) is 0 Å². The molecule has 0 aliphatic heterocycles. The summed E-state index contributed by atoms with van der Waals surface area (Å²) in [6.07, 6.45) is 0. The van der Waals surface area contributed by atoms with Gasteiger partial charge in [0.1, 0.15) is 22.3 Å². The number of thiophene rings is 1. The quantitative estimate of drug-likeness (QED) is 0.102. The topological polar surface area (TPSA) is 32.8 Å². The molecule has 0 bridgehead atoms. The highest BCUT2D eigenvalue weighted by Crippen LogP contribution is 2.60. The van der Waals surface area contributed by atoms with Crippen LogP contribution in [0.3, 0.4) is 0 Å². The lowest BCUT2D eigenvalue weighted by Gasteiger charge is -2.26. The summed E-state index contributed by atoms with van der Waals surface area (Å²) in [5.41, 5.74) is 39.0. The third-order valence-electron chi connectivity index (χ3n) is 28.2. The van der Waals surface area contributed by atoms with E-state index in [2.05, 4.69) is 499 Å². The van der Waals surface area contributed by atoms with Crippen molar-refractivity contribution in [2.45, 2.75) is 38.5 Å². The molecule has 24 aromatic rings. The second-order valence-electron chi connectivity index (χ2n) is 36.3. The van der Waals surface area contributed by atoms with E-state index in [0.717, 1.165) is 100 Å². The Balaban J connectivity index is 0.000000143. The van der Waals surface area contributed by atoms with Crippen molar-refractivity contribution in [3.05, 3.63) is 483 Å². The van der Waals surface area contributed by atoms with Crippen LogP contribution in [-0.4, -0.2) is 0 Å². The molecule has 0 saturated heterocycles. The molecule has 21 aromatic carbocycles. The highest BCUT2D eigenvalue weighted by Gasteiger charge is 2.41. The fourth-order valence-corrected chi connectivity index (χ4v) is 23.0. The lowest BCUT2D eigenvalue weighted by Crippen LogP contribution is -2.15. The zero-order valence-corrected chi connectivity index (χ0v) is 74.8. The first-order valence-corrected chi connectivity index (χ1v) is 46.8. The number of furan rings is 2. The Bertz CT molecular complexity index is 8690. The fraction of sp³-hybridized carbons (Fsp3) is 0.0469. The van der Waals surface area contributed by atoms with Crippen LogP contribution >= 0.6 is 11.3 Å². The van der Waals surface area contributed by atoms with Crippen molar-refractivity contribution in [1.82, 2.24) is 0 Å². The highest BCUT2D eigenvalue weighted by atomic mass is 32.1. The molecule has 0 saturated carbocycles. The molecule has 3 aromatic heterocycles. The lowest BCUT2D eigenvalue weighted by molar-refractivity contribution is 0.654. The van der Waals surface area contributed by atoms with Gasteiger partial charge >= 0.3 is 0 Å². The minimum Gasteiger partial charge on any atom is -0.455 e. The smallest absolute Gasteiger partial charge is 0.144 e. The first-order valence-electron chi connectivity index (χ1n) is 46.0. The first-order chi connectivity index (χ1) is 65.5. The van der Waals surface area contributed by atoms with Gasteiger partial charge in [0.15, 0.2) is 0 Å². The summed E-state index contributed by atoms with van der Waals surface area (Å²) in [7, 11) is 0. The van der Waals surface area contributed by atoms with Crippen LogP contribution in [0.5, 0.6) is 0 Å². The van der Waals surface area contributed by atoms with Crippen LogP contribution in [-0.2, 0) is 10.8 Å². The molecule has 0 N–H and O–H groups in total. The number of fused-ring (bicyclic) bond motifs is 20. The van der Waals surface area contributed by atoms with Gasteiger partial charge in [-0.25, -0.2) is 0 Å². The van der Waals surface area contributed by atoms with Crippen LogP contribution in [0.1, 0.15) is 49.9 Å². The maximum atomic E-state index is 7.41. The van der Waals surface area contributed by atoms with Crippen LogP contribution in [0, 0.1) is 0 Å². The highest BCUT2D eigenvalue weighted by molar-refractivity contribution is 7.26. The molecule has 133 heavy (non-hydrogen) atoms. The van der Waals surface area contributed by atoms with Crippen LogP contribution in [0.2, 0.25) is 0 Å². The van der Waals surface area contributed by atoms with E-state index >= 15 is 0 Å². The molecular weight excluding hydrogens is 1630 g/mol. The standard InChI is InChI=1S/C65H45NO.C63H43NOS/c1-65(2)59-31-16-15-28-55(59)62-60(65)41-58(57-40-45-20-9-10-25-51(45)53-26-13-14-27-54(53)57)61-56-30-17-29-52(63(56)67-64(61)62)44-34-38-48(39-35-44)66(46-21-7-4-8-22-46)47-36-32-43(33-37-47)50-24-12-11-23-49(50)42-18-5-3-6-19-42;1-63(2)54-29-13-12-23-50(54)59-55(63)39-53(49-26-16-30-56-57(49)52-28-15-25-48(62(52)66-56)42-19-8-4-9-20-42)58-51-27-14-24-47(60(51)65-61(58)59)43-33-37-46(38-34-43)64(44-21-10-5-11-22-44)45-35-31-41(32-36-45)40-17-6-3-7-18-40/h3-41H,1-2H3;3-39H,1-2H3. The normalized spacial score (nSPS) is 12.8. The predicted octanol–water partition coefficient (Wildman–Crippen LogP) is 36.7. The monoisotopic (exact) mass is 1720 g/mol. The average molecular weight is 1720 g/mol. The van der Waals surface area contributed by atoms with Crippen molar-refractivity contribution in [2.24, 2.45) is 0 Å². The molecular formula is C128H88N2O2S. The van der Waals surface area contributed by atoms with Crippen LogP contribution in [0.25, 0.3) is 197 Å². The van der Waals surface area contributed by atoms with Gasteiger partial charge in [-0.3, -0.25) is 0 Å². The molecule has 2 aliphatic carbocycles. The fourth-order valence-electron chi connectivity index (χ4n) is 21.8. The number of hydrogen-bond donors (Lipinski definition) is 0. The summed E-state index contributed by atoms with van der Waals surface area (Å²) in [4.78, 5) is 4.66. The van der Waals surface area contributed by atoms with Gasteiger partial charge in [-0.2, -0.15) is 0 Å². The van der Waals surface area contributed by atoms with Crippen molar-refractivity contribution in [3.8, 4) is 111 Å². The van der Waals surface area contributed by atoms with Gasteiger partial charge in [0.25, 0.3) is 0 Å². The van der Waals surface area contributed by atoms with E-state index in [1.54, 1.807) is 0 Å². The average Bonchev–Trinajstić information content (AvgIpc) is 1.54. The molecule has 628 valence electrons. The zero-order chi connectivity index (χ0) is 88.6. The van der Waals surface area contributed by atoms with E-state index in [1.165, 1.54) is 153 Å². The van der Waals surface area contributed by atoms with Gasteiger partial charge in [-0.15, -0.1) is 11.3 Å². The Morgan fingerprint density at radius 1 is 0.195 bits per heavy atom. The SMILES string of the molecule is CC1(C)c2ccccc2-c2c1cc(-c1cc3ccccc3c3ccccc13)c1c2oc2c(-c3ccc(N(c4ccccc4)c4ccc(-c5ccccc5-c5ccccc5)cc4)cc3)cccc21.CC1(C)c2ccccc2-c2c1cc(-c1cccc3sc4c(-c5ccccc5)cccc4c13)c1c2oc2c(-c3ccc(N(c4ccccc4)c4ccc(-c5ccccc5)cc4)cc3)cccc21. The molecule has 0 fully saturated rings. The Morgan fingerprint density at radius 2 is 0.519 bits per heavy atom. The van der Waals surface area contributed by atoms with Crippen LogP contribution in [0.15, 0.2) is 470 Å². The molecule has 5 heteroatoms. The third kappa shape index (κ3) is 13.0. The summed E-state index contributed by atoms with van der Waals surface area (Å²) < 4.78 is 17.4. The molecule has 0 atom stereocenters. The van der Waals surface area contributed by atoms with Gasteiger partial charge in [-0.05, 0) is 230 Å². The summed E-state index contributed by atoms with van der Waals surface area (Å²) in [5.74, 6) is 0. The van der Waals surface area contributed by atoms with Crippen LogP contribution < -0.4 is 9.80 Å². The number of benzene rings is 21. The number of nitrogens with zero attached hydrogens (tertiary/aromatic N) is 2. The Kier molecular flexibility index (Phi) is 18.8. The minimum absolute atomic E-state index is 0.212. The van der Waals surface area contributed by atoms with E-state index < -0.39 is 0 Å². The molecule has 0 amide bonds. The van der Waals surface area contributed by atoms with Crippen molar-refractivity contribution in [3.63, 3.8) is 0 Å². The maximum absolute atomic E-state index is 7.41. The first kappa shape index (κ1) is 78.8. The molecule has 0 unspecified atom stereocenters. The van der Waals surface area contributed by atoms with E-state index in [0.29, 0.717) is 0 Å². The van der Waals surface area contributed by atoms with Crippen molar-refractivity contribution < 1.29 is 8.83 Å². The zero-order valence-electron chi connectivity index (χ0n) is 74.0. The maximum Gasteiger partial charge on any atom is 0.144 e. The molecule has 0 radical (unpaired) electrons. The van der Waals surface area contributed by atoms with Crippen molar-refractivity contribution in [1.29, 1.82) is 0 Å². The van der Waals surface area contributed by atoms with Crippen molar-refractivity contribution in [2.75, 3.05) is 9.80 Å². The summed E-state index contributed by atoms with van der Waals surface area (Å²) in [6.45, 7) is 9.46. The Hall–Kier alpha value is -16.4. The largest absolute Gasteiger partial charge is 0.455 e. The number of para-hydroxylation sites is 4. The van der Waals surface area contributed by atoms with Gasteiger partial charge in [0, 0.05) is 109 Å². The Labute approximate surface area is 777 Å². The second-order valence-corrected chi connectivity index (χ2v) is 37.4. The van der Waals surface area contributed by atoms with Crippen molar-refractivity contribution >= 4 is 131 Å². The third-order valence-corrected chi connectivity index (χ3v) is 29.4. The minimum atomic E-state index is -0.218. The van der Waals surface area contributed by atoms with E-state index in [-0.39, 0.29) is 10.8 Å². The Morgan fingerprint density at radius 3 is 1.01 bits per heavy atom. The van der Waals surface area contributed by atoms with Crippen LogP contribution in [0.4, 0.5) is 34.1 Å². The molecule has 3 heterocycles. The molecule has 26 rings (SSSR count). The second kappa shape index (κ2) is 31.7. The molecule has 2 aliphatic rings. The van der Waals surface area contributed by atoms with Gasteiger partial charge < -0.3 is 18.6 Å². The lowest BCUT2D eigenvalue weighted by atomic mass is 9.80. The number of rotatable bonds is 14.